The van der Waals surface area contributed by atoms with Crippen molar-refractivity contribution < 1.29 is 0 Å². The van der Waals surface area contributed by atoms with Crippen molar-refractivity contribution in [3.8, 4) is 6.07 Å². The number of rotatable bonds is 1. The molecule has 0 radical (unpaired) electrons. The lowest BCUT2D eigenvalue weighted by Crippen LogP contribution is -2.31. The molecule has 0 aliphatic carbocycles. The van der Waals surface area contributed by atoms with Crippen molar-refractivity contribution >= 4 is 34.4 Å². The lowest BCUT2D eigenvalue weighted by molar-refractivity contribution is 0.372. The van der Waals surface area contributed by atoms with E-state index in [1.54, 1.807) is 0 Å². The molecule has 1 aliphatic heterocycles. The number of alkyl halides is 1. The molecule has 1 rings (SSSR count). The van der Waals surface area contributed by atoms with Gasteiger partial charge in [-0.2, -0.15) is 17.0 Å². The first kappa shape index (κ1) is 9.66. The predicted octanol–water partition coefficient (Wildman–Crippen LogP) is 2.85. The Bertz CT molecular complexity index is 167. The monoisotopic (exact) mass is 281 g/mol. The smallest absolute Gasteiger partial charge is 0.0704 e. The zero-order chi connectivity index (χ0) is 8.32. The Morgan fingerprint density at radius 1 is 1.55 bits per heavy atom. The summed E-state index contributed by atoms with van der Waals surface area (Å²) in [5.74, 6) is 2.34. The second-order valence-electron chi connectivity index (χ2n) is 3.00. The Hall–Kier alpha value is 0.570. The van der Waals surface area contributed by atoms with Gasteiger partial charge in [-0.3, -0.25) is 0 Å². The summed E-state index contributed by atoms with van der Waals surface area (Å²) >= 11 is 4.36. The number of halogens is 1. The van der Waals surface area contributed by atoms with Crippen molar-refractivity contribution in [2.75, 3.05) is 11.5 Å². The van der Waals surface area contributed by atoms with Gasteiger partial charge in [0.2, 0.25) is 0 Å². The van der Waals surface area contributed by atoms with Crippen LogP contribution in [-0.4, -0.2) is 15.4 Å². The summed E-state index contributed by atoms with van der Waals surface area (Å²) < 4.78 is 0.492. The summed E-state index contributed by atoms with van der Waals surface area (Å²) in [5.41, 5.74) is -0.00812. The Morgan fingerprint density at radius 2 is 2.09 bits per heavy atom. The fourth-order valence-corrected chi connectivity index (χ4v) is 3.32. The van der Waals surface area contributed by atoms with Crippen LogP contribution in [-0.2, 0) is 0 Å². The Balaban J connectivity index is 2.67. The van der Waals surface area contributed by atoms with Crippen LogP contribution in [0.25, 0.3) is 0 Å². The van der Waals surface area contributed by atoms with Crippen molar-refractivity contribution in [3.05, 3.63) is 0 Å². The number of thioether (sulfide) groups is 1. The van der Waals surface area contributed by atoms with Gasteiger partial charge in [0.15, 0.2) is 0 Å². The van der Waals surface area contributed by atoms with Crippen molar-refractivity contribution in [1.82, 2.24) is 0 Å². The van der Waals surface area contributed by atoms with Gasteiger partial charge >= 0.3 is 0 Å². The molecular formula is C8H12INS. The lowest BCUT2D eigenvalue weighted by Gasteiger charge is -2.32. The van der Waals surface area contributed by atoms with E-state index >= 15 is 0 Å². The van der Waals surface area contributed by atoms with E-state index in [1.165, 1.54) is 11.5 Å². The topological polar surface area (TPSA) is 23.8 Å². The highest BCUT2D eigenvalue weighted by Crippen LogP contribution is 2.40. The van der Waals surface area contributed by atoms with Crippen LogP contribution >= 0.6 is 34.4 Å². The highest BCUT2D eigenvalue weighted by molar-refractivity contribution is 14.1. The van der Waals surface area contributed by atoms with Crippen molar-refractivity contribution in [3.63, 3.8) is 0 Å². The van der Waals surface area contributed by atoms with E-state index in [0.717, 1.165) is 12.8 Å². The number of nitrogens with zero attached hydrogens (tertiary/aromatic N) is 1. The lowest BCUT2D eigenvalue weighted by atomic mass is 9.81. The molecule has 0 N–H and O–H groups in total. The molecule has 1 aliphatic rings. The van der Waals surface area contributed by atoms with Crippen LogP contribution in [0.15, 0.2) is 0 Å². The Morgan fingerprint density at radius 3 is 2.36 bits per heavy atom. The van der Waals surface area contributed by atoms with Crippen molar-refractivity contribution in [2.24, 2.45) is 5.41 Å². The third-order valence-electron chi connectivity index (χ3n) is 2.37. The average molecular weight is 281 g/mol. The molecule has 1 heterocycles. The molecule has 0 amide bonds. The van der Waals surface area contributed by atoms with Gasteiger partial charge in [0.25, 0.3) is 0 Å². The van der Waals surface area contributed by atoms with E-state index in [1.807, 2.05) is 11.8 Å². The minimum Gasteiger partial charge on any atom is -0.198 e. The third-order valence-corrected chi connectivity index (χ3v) is 4.55. The SMILES string of the molecule is CC(I)C1(C#N)CCSCC1. The zero-order valence-corrected chi connectivity index (χ0v) is 9.61. The molecule has 0 bridgehead atoms. The van der Waals surface area contributed by atoms with Gasteiger partial charge in [0.05, 0.1) is 11.5 Å². The first-order valence-electron chi connectivity index (χ1n) is 3.84. The average Bonchev–Trinajstić information content (AvgIpc) is 2.05. The molecule has 0 aromatic carbocycles. The van der Waals surface area contributed by atoms with E-state index in [9.17, 15) is 0 Å². The highest BCUT2D eigenvalue weighted by Gasteiger charge is 2.36. The molecule has 0 spiro atoms. The summed E-state index contributed by atoms with van der Waals surface area (Å²) in [6.07, 6.45) is 2.16. The third kappa shape index (κ3) is 2.03. The zero-order valence-electron chi connectivity index (χ0n) is 6.64. The molecule has 0 saturated carbocycles. The summed E-state index contributed by atoms with van der Waals surface area (Å²) in [6, 6.07) is 2.50. The van der Waals surface area contributed by atoms with Crippen LogP contribution in [0.3, 0.4) is 0 Å². The highest BCUT2D eigenvalue weighted by atomic mass is 127. The molecule has 11 heavy (non-hydrogen) atoms. The Kier molecular flexibility index (Phi) is 3.51. The van der Waals surface area contributed by atoms with Crippen LogP contribution in [0.4, 0.5) is 0 Å². The molecule has 1 atom stereocenters. The second kappa shape index (κ2) is 3.99. The summed E-state index contributed by atoms with van der Waals surface area (Å²) in [6.45, 7) is 2.15. The van der Waals surface area contributed by atoms with E-state index in [-0.39, 0.29) is 5.41 Å². The number of hydrogen-bond donors (Lipinski definition) is 0. The molecule has 1 saturated heterocycles. The molecule has 3 heteroatoms. The summed E-state index contributed by atoms with van der Waals surface area (Å²) in [4.78, 5) is 0. The van der Waals surface area contributed by atoms with Gasteiger partial charge in [-0.05, 0) is 24.3 Å². The molecule has 62 valence electrons. The van der Waals surface area contributed by atoms with E-state index in [2.05, 4.69) is 35.6 Å². The first-order valence-corrected chi connectivity index (χ1v) is 6.24. The van der Waals surface area contributed by atoms with Crippen LogP contribution in [0.1, 0.15) is 19.8 Å². The van der Waals surface area contributed by atoms with Crippen LogP contribution in [0.2, 0.25) is 0 Å². The quantitative estimate of drug-likeness (QED) is 0.545. The van der Waals surface area contributed by atoms with Crippen LogP contribution in [0, 0.1) is 16.7 Å². The van der Waals surface area contributed by atoms with E-state index < -0.39 is 0 Å². The first-order chi connectivity index (χ1) is 5.21. The molecule has 1 nitrogen and oxygen atoms in total. The van der Waals surface area contributed by atoms with Gasteiger partial charge in [0.1, 0.15) is 0 Å². The minimum atomic E-state index is -0.00812. The van der Waals surface area contributed by atoms with Crippen molar-refractivity contribution in [1.29, 1.82) is 5.26 Å². The van der Waals surface area contributed by atoms with Gasteiger partial charge in [-0.15, -0.1) is 0 Å². The van der Waals surface area contributed by atoms with Crippen LogP contribution in [0.5, 0.6) is 0 Å². The van der Waals surface area contributed by atoms with E-state index in [4.69, 9.17) is 5.26 Å². The van der Waals surface area contributed by atoms with E-state index in [0.29, 0.717) is 3.92 Å². The molecular weight excluding hydrogens is 269 g/mol. The maximum Gasteiger partial charge on any atom is 0.0704 e. The Labute approximate surface area is 86.1 Å². The molecule has 0 aromatic heterocycles. The summed E-state index contributed by atoms with van der Waals surface area (Å²) in [7, 11) is 0. The fraction of sp³-hybridized carbons (Fsp3) is 0.875. The standard InChI is InChI=1S/C8H12INS/c1-7(9)8(6-10)2-4-11-5-3-8/h7H,2-5H2,1H3. The fourth-order valence-electron chi connectivity index (χ4n) is 1.33. The second-order valence-corrected chi connectivity index (χ2v) is 6.09. The van der Waals surface area contributed by atoms with Gasteiger partial charge in [-0.25, -0.2) is 0 Å². The van der Waals surface area contributed by atoms with Gasteiger partial charge in [-0.1, -0.05) is 29.5 Å². The molecule has 1 unspecified atom stereocenters. The molecule has 0 aromatic rings. The van der Waals surface area contributed by atoms with Crippen molar-refractivity contribution in [2.45, 2.75) is 23.7 Å². The maximum absolute atomic E-state index is 9.05. The number of nitriles is 1. The van der Waals surface area contributed by atoms with Gasteiger partial charge in [0, 0.05) is 3.92 Å². The van der Waals surface area contributed by atoms with Gasteiger partial charge < -0.3 is 0 Å². The maximum atomic E-state index is 9.05. The van der Waals surface area contributed by atoms with Crippen LogP contribution < -0.4 is 0 Å². The molecule has 1 fully saturated rings. The minimum absolute atomic E-state index is 0.00812. The summed E-state index contributed by atoms with van der Waals surface area (Å²) in [5, 5.41) is 9.05. The largest absolute Gasteiger partial charge is 0.198 e. The normalized spacial score (nSPS) is 25.5. The number of hydrogen-bond acceptors (Lipinski definition) is 2. The predicted molar refractivity (Wildman–Crippen MR) is 58.1 cm³/mol.